The third-order valence-electron chi connectivity index (χ3n) is 4.57. The van der Waals surface area contributed by atoms with E-state index in [0.717, 1.165) is 43.9 Å². The number of pyridine rings is 1. The fourth-order valence-electron chi connectivity index (χ4n) is 3.14. The minimum absolute atomic E-state index is 0.0890. The molecule has 2 aromatic rings. The molecule has 144 valence electrons. The Labute approximate surface area is 158 Å². The van der Waals surface area contributed by atoms with Crippen LogP contribution in [0.4, 0.5) is 14.6 Å². The molecule has 1 aromatic heterocycles. The second-order valence-corrected chi connectivity index (χ2v) is 6.52. The fraction of sp³-hybridized carbons (Fsp3) is 0.400. The maximum absolute atomic E-state index is 13.8. The Hall–Kier alpha value is -2.70. The van der Waals surface area contributed by atoms with Gasteiger partial charge >= 0.3 is 0 Å². The van der Waals surface area contributed by atoms with Gasteiger partial charge in [-0.25, -0.2) is 18.8 Å². The largest absolute Gasteiger partial charge is 0.357 e. The molecule has 0 unspecified atom stereocenters. The molecule has 0 amide bonds. The van der Waals surface area contributed by atoms with Crippen LogP contribution in [0.3, 0.4) is 0 Å². The highest BCUT2D eigenvalue weighted by atomic mass is 19.1. The van der Waals surface area contributed by atoms with Crippen LogP contribution >= 0.6 is 0 Å². The minimum Gasteiger partial charge on any atom is -0.357 e. The number of nitrogens with zero attached hydrogens (tertiary/aromatic N) is 3. The number of halogens is 2. The summed E-state index contributed by atoms with van der Waals surface area (Å²) in [6.45, 7) is 4.58. The fourth-order valence-corrected chi connectivity index (χ4v) is 3.14. The van der Waals surface area contributed by atoms with Crippen molar-refractivity contribution in [2.24, 2.45) is 4.99 Å². The van der Waals surface area contributed by atoms with Crippen molar-refractivity contribution in [3.8, 4) is 0 Å². The molecule has 27 heavy (non-hydrogen) atoms. The lowest BCUT2D eigenvalue weighted by atomic mass is 10.1. The Morgan fingerprint density at radius 1 is 1.22 bits per heavy atom. The number of hydrogen-bond acceptors (Lipinski definition) is 3. The number of nitrogens with one attached hydrogen (secondary N) is 2. The Kier molecular flexibility index (Phi) is 6.57. The van der Waals surface area contributed by atoms with Gasteiger partial charge in [-0.3, -0.25) is 0 Å². The van der Waals surface area contributed by atoms with Crippen molar-refractivity contribution < 1.29 is 8.78 Å². The smallest absolute Gasteiger partial charge is 0.191 e. The number of aliphatic imine (C=N–C) groups is 1. The summed E-state index contributed by atoms with van der Waals surface area (Å²) in [6.07, 6.45) is 3.71. The van der Waals surface area contributed by atoms with Gasteiger partial charge in [0.05, 0.1) is 6.54 Å². The number of piperidine rings is 1. The van der Waals surface area contributed by atoms with Crippen molar-refractivity contribution in [1.82, 2.24) is 15.6 Å². The summed E-state index contributed by atoms with van der Waals surface area (Å²) >= 11 is 0. The van der Waals surface area contributed by atoms with Gasteiger partial charge in [-0.2, -0.15) is 0 Å². The molecule has 2 heterocycles. The Balaban J connectivity index is 1.57. The van der Waals surface area contributed by atoms with Crippen LogP contribution in [-0.2, 0) is 6.54 Å². The molecule has 3 rings (SSSR count). The van der Waals surface area contributed by atoms with Gasteiger partial charge in [0.1, 0.15) is 17.5 Å². The van der Waals surface area contributed by atoms with Crippen LogP contribution in [-0.4, -0.2) is 36.6 Å². The summed E-state index contributed by atoms with van der Waals surface area (Å²) < 4.78 is 27.1. The van der Waals surface area contributed by atoms with Crippen LogP contribution in [0.15, 0.2) is 47.6 Å². The summed E-state index contributed by atoms with van der Waals surface area (Å²) in [5.74, 6) is 0.719. The Morgan fingerprint density at radius 2 is 2.04 bits per heavy atom. The maximum atomic E-state index is 13.8. The highest BCUT2D eigenvalue weighted by Gasteiger charge is 2.20. The third kappa shape index (κ3) is 5.39. The van der Waals surface area contributed by atoms with Crippen molar-refractivity contribution in [1.29, 1.82) is 0 Å². The average molecular weight is 373 g/mol. The first-order valence-corrected chi connectivity index (χ1v) is 9.30. The van der Waals surface area contributed by atoms with Crippen molar-refractivity contribution in [3.05, 3.63) is 59.8 Å². The van der Waals surface area contributed by atoms with E-state index in [4.69, 9.17) is 0 Å². The molecule has 1 aromatic carbocycles. The zero-order chi connectivity index (χ0) is 19.1. The lowest BCUT2D eigenvalue weighted by Gasteiger charge is -2.33. The SMILES string of the molecule is CCNC(=NCc1cc(F)ccc1F)NC1CCN(c2ccccn2)CC1. The number of hydrogen-bond donors (Lipinski definition) is 2. The zero-order valence-electron chi connectivity index (χ0n) is 15.5. The predicted octanol–water partition coefficient (Wildman–Crippen LogP) is 3.08. The van der Waals surface area contributed by atoms with E-state index < -0.39 is 11.6 Å². The summed E-state index contributed by atoms with van der Waals surface area (Å²) in [5.41, 5.74) is 0.247. The van der Waals surface area contributed by atoms with Gasteiger partial charge in [0.15, 0.2) is 5.96 Å². The van der Waals surface area contributed by atoms with Crippen LogP contribution in [0.5, 0.6) is 0 Å². The standard InChI is InChI=1S/C20H25F2N5/c1-2-23-20(25-14-15-13-16(21)6-7-18(15)22)26-17-8-11-27(12-9-17)19-5-3-4-10-24-19/h3-7,10,13,17H,2,8-9,11-12,14H2,1H3,(H2,23,25,26). The highest BCUT2D eigenvalue weighted by molar-refractivity contribution is 5.80. The quantitative estimate of drug-likeness (QED) is 0.625. The Bertz CT molecular complexity index is 758. The average Bonchev–Trinajstić information content (AvgIpc) is 2.70. The van der Waals surface area contributed by atoms with E-state index in [0.29, 0.717) is 12.5 Å². The van der Waals surface area contributed by atoms with Gasteiger partial charge < -0.3 is 15.5 Å². The van der Waals surface area contributed by atoms with Gasteiger partial charge in [-0.1, -0.05) is 6.07 Å². The van der Waals surface area contributed by atoms with E-state index in [-0.39, 0.29) is 18.2 Å². The molecule has 5 nitrogen and oxygen atoms in total. The zero-order valence-corrected chi connectivity index (χ0v) is 15.5. The molecule has 0 spiro atoms. The lowest BCUT2D eigenvalue weighted by Crippen LogP contribution is -2.48. The lowest BCUT2D eigenvalue weighted by molar-refractivity contribution is 0.459. The number of benzene rings is 1. The van der Waals surface area contributed by atoms with Gasteiger partial charge in [-0.15, -0.1) is 0 Å². The van der Waals surface area contributed by atoms with Crippen molar-refractivity contribution in [2.45, 2.75) is 32.4 Å². The van der Waals surface area contributed by atoms with Gasteiger partial charge in [0, 0.05) is 37.4 Å². The summed E-state index contributed by atoms with van der Waals surface area (Å²) in [7, 11) is 0. The molecule has 0 radical (unpaired) electrons. The number of guanidine groups is 1. The molecule has 0 atom stereocenters. The second kappa shape index (κ2) is 9.30. The first-order valence-electron chi connectivity index (χ1n) is 9.30. The maximum Gasteiger partial charge on any atom is 0.191 e. The first-order chi connectivity index (χ1) is 13.2. The van der Waals surface area contributed by atoms with E-state index in [1.165, 1.54) is 6.07 Å². The molecule has 0 saturated carbocycles. The predicted molar refractivity (Wildman–Crippen MR) is 104 cm³/mol. The summed E-state index contributed by atoms with van der Waals surface area (Å²) in [6, 6.07) is 9.64. The van der Waals surface area contributed by atoms with E-state index >= 15 is 0 Å². The van der Waals surface area contributed by atoms with Crippen LogP contribution in [0, 0.1) is 11.6 Å². The molecule has 1 saturated heterocycles. The van der Waals surface area contributed by atoms with Gasteiger partial charge in [0.2, 0.25) is 0 Å². The van der Waals surface area contributed by atoms with Crippen LogP contribution in [0.2, 0.25) is 0 Å². The van der Waals surface area contributed by atoms with Crippen LogP contribution < -0.4 is 15.5 Å². The summed E-state index contributed by atoms with van der Waals surface area (Å²) in [4.78, 5) is 11.1. The Morgan fingerprint density at radius 3 is 2.74 bits per heavy atom. The van der Waals surface area contributed by atoms with E-state index in [9.17, 15) is 8.78 Å². The third-order valence-corrected chi connectivity index (χ3v) is 4.57. The molecule has 7 heteroatoms. The number of rotatable bonds is 5. The molecule has 2 N–H and O–H groups in total. The molecule has 0 aliphatic carbocycles. The van der Waals surface area contributed by atoms with Gasteiger partial charge in [-0.05, 0) is 50.1 Å². The molecular formula is C20H25F2N5. The summed E-state index contributed by atoms with van der Waals surface area (Å²) in [5, 5.41) is 6.58. The number of anilines is 1. The molecule has 1 aliphatic rings. The van der Waals surface area contributed by atoms with Crippen LogP contribution in [0.25, 0.3) is 0 Å². The van der Waals surface area contributed by atoms with E-state index in [1.54, 1.807) is 6.20 Å². The normalized spacial score (nSPS) is 15.7. The van der Waals surface area contributed by atoms with Crippen LogP contribution in [0.1, 0.15) is 25.3 Å². The second-order valence-electron chi connectivity index (χ2n) is 6.52. The topological polar surface area (TPSA) is 52.6 Å². The van der Waals surface area contributed by atoms with Crippen molar-refractivity contribution in [3.63, 3.8) is 0 Å². The monoisotopic (exact) mass is 373 g/mol. The molecular weight excluding hydrogens is 348 g/mol. The van der Waals surface area contributed by atoms with E-state index in [1.807, 2.05) is 25.1 Å². The van der Waals surface area contributed by atoms with Gasteiger partial charge in [0.25, 0.3) is 0 Å². The molecule has 1 fully saturated rings. The minimum atomic E-state index is -0.457. The molecule has 1 aliphatic heterocycles. The number of aromatic nitrogens is 1. The highest BCUT2D eigenvalue weighted by Crippen LogP contribution is 2.17. The van der Waals surface area contributed by atoms with Crippen molar-refractivity contribution in [2.75, 3.05) is 24.5 Å². The van der Waals surface area contributed by atoms with E-state index in [2.05, 4.69) is 25.5 Å². The first kappa shape index (κ1) is 19.1. The van der Waals surface area contributed by atoms with Crippen molar-refractivity contribution >= 4 is 11.8 Å². The molecule has 0 bridgehead atoms.